The first-order chi connectivity index (χ1) is 20.8. The number of aliphatic hydroxyl groups is 1. The number of hydrogen-bond acceptors (Lipinski definition) is 6. The molecule has 5 rings (SSSR count). The molecule has 3 atom stereocenters. The van der Waals surface area contributed by atoms with Gasteiger partial charge in [-0.15, -0.1) is 0 Å². The predicted molar refractivity (Wildman–Crippen MR) is 165 cm³/mol. The van der Waals surface area contributed by atoms with Crippen LogP contribution in [0.2, 0.25) is 10.0 Å². The number of carbonyl (C=O) groups is 2. The number of H-pyrrole nitrogens is 1. The number of fused-ring (bicyclic) bond motifs is 3. The highest BCUT2D eigenvalue weighted by molar-refractivity contribution is 6.31. The van der Waals surface area contributed by atoms with E-state index in [9.17, 15) is 14.7 Å². The minimum absolute atomic E-state index is 0.0448. The molecule has 1 aliphatic carbocycles. The second-order valence-electron chi connectivity index (χ2n) is 10.6. The highest BCUT2D eigenvalue weighted by Gasteiger charge is 2.39. The van der Waals surface area contributed by atoms with Crippen molar-refractivity contribution in [3.63, 3.8) is 0 Å². The zero-order chi connectivity index (χ0) is 30.3. The minimum Gasteiger partial charge on any atom is -0.494 e. The molecule has 0 radical (unpaired) electrons. The third-order valence-corrected chi connectivity index (χ3v) is 8.02. The van der Waals surface area contributed by atoms with Gasteiger partial charge in [-0.2, -0.15) is 0 Å². The molecule has 228 valence electrons. The lowest BCUT2D eigenvalue weighted by Crippen LogP contribution is -2.44. The quantitative estimate of drug-likeness (QED) is 0.224. The molecule has 43 heavy (non-hydrogen) atoms. The Morgan fingerprint density at radius 3 is 2.67 bits per heavy atom. The van der Waals surface area contributed by atoms with Gasteiger partial charge in [0.1, 0.15) is 11.5 Å². The van der Waals surface area contributed by atoms with Crippen molar-refractivity contribution in [1.82, 2.24) is 15.2 Å². The van der Waals surface area contributed by atoms with E-state index in [1.54, 1.807) is 29.2 Å². The summed E-state index contributed by atoms with van der Waals surface area (Å²) in [6.45, 7) is 3.10. The van der Waals surface area contributed by atoms with Crippen molar-refractivity contribution < 1.29 is 28.9 Å². The van der Waals surface area contributed by atoms with Gasteiger partial charge in [-0.3, -0.25) is 4.90 Å². The smallest absolute Gasteiger partial charge is 0.415 e. The van der Waals surface area contributed by atoms with Crippen LogP contribution in [0.3, 0.4) is 0 Å². The maximum atomic E-state index is 13.5. The number of nitrogens with one attached hydrogen (secondary N) is 2. The zero-order valence-electron chi connectivity index (χ0n) is 23.9. The van der Waals surface area contributed by atoms with Crippen LogP contribution in [0.4, 0.5) is 9.59 Å². The predicted octanol–water partition coefficient (Wildman–Crippen LogP) is 6.94. The molecule has 2 aromatic carbocycles. The molecule has 1 aromatic heterocycles. The third-order valence-electron chi connectivity index (χ3n) is 7.53. The number of benzene rings is 2. The number of nitrogens with zero attached hydrogens (tertiary/aromatic N) is 1. The summed E-state index contributed by atoms with van der Waals surface area (Å²) in [4.78, 5) is 30.4. The number of aromatic amines is 1. The minimum atomic E-state index is -0.758. The van der Waals surface area contributed by atoms with Gasteiger partial charge in [0, 0.05) is 52.1 Å². The normalized spacial score (nSPS) is 18.5. The van der Waals surface area contributed by atoms with Crippen molar-refractivity contribution >= 4 is 46.3 Å². The second kappa shape index (κ2) is 14.2. The molecule has 11 heteroatoms. The Balaban J connectivity index is 1.26. The van der Waals surface area contributed by atoms with Crippen LogP contribution in [-0.4, -0.2) is 59.6 Å². The maximum absolute atomic E-state index is 13.5. The van der Waals surface area contributed by atoms with Crippen molar-refractivity contribution in [2.45, 2.75) is 44.8 Å². The fraction of sp³-hybridized carbons (Fsp3) is 0.375. The van der Waals surface area contributed by atoms with E-state index in [0.29, 0.717) is 54.0 Å². The van der Waals surface area contributed by atoms with E-state index in [1.165, 1.54) is 0 Å². The molecule has 0 bridgehead atoms. The zero-order valence-corrected chi connectivity index (χ0v) is 25.4. The number of aromatic nitrogens is 1. The Bertz CT molecular complexity index is 1500. The lowest BCUT2D eigenvalue weighted by atomic mass is 9.84. The molecule has 0 saturated heterocycles. The molecule has 3 unspecified atom stereocenters. The summed E-state index contributed by atoms with van der Waals surface area (Å²) in [5.74, 6) is 1.07. The maximum Gasteiger partial charge on any atom is 0.415 e. The van der Waals surface area contributed by atoms with Crippen LogP contribution in [-0.2, 0) is 15.9 Å². The van der Waals surface area contributed by atoms with Crippen molar-refractivity contribution in [3.05, 3.63) is 87.8 Å². The Morgan fingerprint density at radius 1 is 1.14 bits per heavy atom. The van der Waals surface area contributed by atoms with Crippen LogP contribution in [0.15, 0.2) is 66.5 Å². The van der Waals surface area contributed by atoms with E-state index < -0.39 is 18.3 Å². The summed E-state index contributed by atoms with van der Waals surface area (Å²) >= 11 is 12.3. The highest BCUT2D eigenvalue weighted by atomic mass is 35.5. The Hall–Kier alpha value is -3.66. The summed E-state index contributed by atoms with van der Waals surface area (Å²) in [6, 6.07) is 12.2. The van der Waals surface area contributed by atoms with Gasteiger partial charge in [0.25, 0.3) is 0 Å². The first-order valence-corrected chi connectivity index (χ1v) is 15.2. The standard InChI is InChI=1S/C32H35Cl2N3O6/c1-2-16-42-31(39)35-19-23(38)14-17-41-24-8-3-20(4-9-24)30-29-26(27-18-22(34)7-12-28(27)36-29)13-15-37(30)32(40)43-25-10-5-21(33)6-11-25/h3,5-12,18,20,23,30,36,38H,2,4,13-17,19H2,1H3,(H,35,39). The fourth-order valence-electron chi connectivity index (χ4n) is 5.42. The van der Waals surface area contributed by atoms with E-state index in [4.69, 9.17) is 37.4 Å². The molecule has 3 N–H and O–H groups in total. The molecule has 9 nitrogen and oxygen atoms in total. The summed E-state index contributed by atoms with van der Waals surface area (Å²) < 4.78 is 16.6. The van der Waals surface area contributed by atoms with Gasteiger partial charge in [0.05, 0.1) is 25.4 Å². The molecule has 0 saturated carbocycles. The van der Waals surface area contributed by atoms with Gasteiger partial charge in [-0.05, 0) is 79.4 Å². The number of amides is 2. The molecule has 1 aliphatic heterocycles. The molecule has 3 aromatic rings. The largest absolute Gasteiger partial charge is 0.494 e. The average Bonchev–Trinajstić information content (AvgIpc) is 3.38. The van der Waals surface area contributed by atoms with Gasteiger partial charge >= 0.3 is 12.2 Å². The van der Waals surface area contributed by atoms with Crippen molar-refractivity contribution in [1.29, 1.82) is 0 Å². The molecule has 2 amide bonds. The lowest BCUT2D eigenvalue weighted by Gasteiger charge is -2.39. The van der Waals surface area contributed by atoms with E-state index in [2.05, 4.69) is 16.4 Å². The number of ether oxygens (including phenoxy) is 3. The van der Waals surface area contributed by atoms with Gasteiger partial charge in [-0.1, -0.05) is 36.2 Å². The van der Waals surface area contributed by atoms with Gasteiger partial charge in [0.2, 0.25) is 0 Å². The molecular formula is C32H35Cl2N3O6. The molecule has 0 spiro atoms. The lowest BCUT2D eigenvalue weighted by molar-refractivity contribution is 0.104. The van der Waals surface area contributed by atoms with Gasteiger partial charge < -0.3 is 29.6 Å². The monoisotopic (exact) mass is 627 g/mol. The van der Waals surface area contributed by atoms with Crippen molar-refractivity contribution in [2.24, 2.45) is 5.92 Å². The topological polar surface area (TPSA) is 113 Å². The first-order valence-electron chi connectivity index (χ1n) is 14.5. The summed E-state index contributed by atoms with van der Waals surface area (Å²) in [5, 5.41) is 15.0. The Kier molecular flexibility index (Phi) is 10.2. The van der Waals surface area contributed by atoms with Crippen LogP contribution in [0.1, 0.15) is 43.5 Å². The van der Waals surface area contributed by atoms with E-state index >= 15 is 0 Å². The van der Waals surface area contributed by atoms with E-state index in [0.717, 1.165) is 28.6 Å². The number of carbonyl (C=O) groups excluding carboxylic acids is 2. The highest BCUT2D eigenvalue weighted by Crippen LogP contribution is 2.42. The number of alkyl carbamates (subject to hydrolysis) is 1. The van der Waals surface area contributed by atoms with Crippen LogP contribution in [0.25, 0.3) is 10.9 Å². The van der Waals surface area contributed by atoms with Crippen molar-refractivity contribution in [2.75, 3.05) is 26.3 Å². The third kappa shape index (κ3) is 7.65. The fourth-order valence-corrected chi connectivity index (χ4v) is 5.72. The number of hydrogen-bond donors (Lipinski definition) is 3. The average molecular weight is 629 g/mol. The molecule has 2 aliphatic rings. The van der Waals surface area contributed by atoms with Crippen LogP contribution in [0.5, 0.6) is 5.75 Å². The van der Waals surface area contributed by atoms with Gasteiger partial charge in [0.15, 0.2) is 0 Å². The molecular weight excluding hydrogens is 593 g/mol. The summed E-state index contributed by atoms with van der Waals surface area (Å²) in [6.07, 6.45) is 6.58. The number of aliphatic hydroxyl groups excluding tert-OH is 1. The summed E-state index contributed by atoms with van der Waals surface area (Å²) in [5.41, 5.74) is 3.09. The van der Waals surface area contributed by atoms with Crippen LogP contribution in [0, 0.1) is 5.92 Å². The SMILES string of the molecule is CCCOC(=O)NCC(O)CCOC1=CCC(C2c3[nH]c4ccc(Cl)cc4c3CCN2C(=O)Oc2ccc(Cl)cc2)C=C1. The summed E-state index contributed by atoms with van der Waals surface area (Å²) in [7, 11) is 0. The second-order valence-corrected chi connectivity index (χ2v) is 11.5. The van der Waals surface area contributed by atoms with E-state index in [1.807, 2.05) is 37.3 Å². The number of rotatable bonds is 10. The Labute approximate surface area is 260 Å². The van der Waals surface area contributed by atoms with Crippen LogP contribution >= 0.6 is 23.2 Å². The number of allylic oxidation sites excluding steroid dienone is 2. The van der Waals surface area contributed by atoms with Crippen LogP contribution < -0.4 is 10.1 Å². The van der Waals surface area contributed by atoms with Crippen molar-refractivity contribution in [3.8, 4) is 5.75 Å². The van der Waals surface area contributed by atoms with E-state index in [-0.39, 0.29) is 25.1 Å². The molecule has 2 heterocycles. The number of halogens is 2. The Morgan fingerprint density at radius 2 is 1.93 bits per heavy atom. The van der Waals surface area contributed by atoms with Gasteiger partial charge in [-0.25, -0.2) is 9.59 Å². The first kappa shape index (κ1) is 30.8. The molecule has 0 fully saturated rings.